The summed E-state index contributed by atoms with van der Waals surface area (Å²) in [6, 6.07) is 21.3. The highest BCUT2D eigenvalue weighted by atomic mass is 16.7. The molecule has 0 aliphatic carbocycles. The molecule has 1 atom stereocenters. The van der Waals surface area contributed by atoms with Crippen LogP contribution in [0.1, 0.15) is 12.0 Å². The van der Waals surface area contributed by atoms with Gasteiger partial charge >= 0.3 is 0 Å². The highest BCUT2D eigenvalue weighted by Gasteiger charge is 2.27. The van der Waals surface area contributed by atoms with Crippen LogP contribution >= 0.6 is 0 Å². The Morgan fingerprint density at radius 2 is 1.75 bits per heavy atom. The molecule has 7 nitrogen and oxygen atoms in total. The lowest BCUT2D eigenvalue weighted by Gasteiger charge is -2.34. The molecule has 0 amide bonds. The minimum atomic E-state index is 0.267. The van der Waals surface area contributed by atoms with Crippen molar-refractivity contribution in [1.82, 2.24) is 14.9 Å². The van der Waals surface area contributed by atoms with Crippen molar-refractivity contribution in [3.63, 3.8) is 0 Å². The normalized spacial score (nSPS) is 19.3. The van der Waals surface area contributed by atoms with Crippen molar-refractivity contribution in [1.29, 1.82) is 0 Å². The number of likely N-dealkylation sites (N-methyl/N-ethyl adjacent to an activating group) is 1. The Kier molecular flexibility index (Phi) is 6.18. The van der Waals surface area contributed by atoms with Crippen molar-refractivity contribution < 1.29 is 4.84 Å². The van der Waals surface area contributed by atoms with Gasteiger partial charge in [0.05, 0.1) is 12.6 Å². The predicted octanol–water partition coefficient (Wildman–Crippen LogP) is 3.73. The van der Waals surface area contributed by atoms with E-state index in [1.165, 1.54) is 11.3 Å². The number of anilines is 4. The zero-order chi connectivity index (χ0) is 21.8. The fraction of sp³-hybridized carbons (Fsp3) is 0.360. The SMILES string of the molecule is CN1CCN(c2ccc(Nc3cc(N4OCC[C@@H]4Cc4ccccc4)ncn3)cc2)CC1. The van der Waals surface area contributed by atoms with Crippen LogP contribution in [0.15, 0.2) is 67.0 Å². The van der Waals surface area contributed by atoms with E-state index in [0.717, 1.165) is 56.3 Å². The molecule has 0 saturated carbocycles. The van der Waals surface area contributed by atoms with E-state index in [9.17, 15) is 0 Å². The summed E-state index contributed by atoms with van der Waals surface area (Å²) < 4.78 is 0. The third-order valence-corrected chi connectivity index (χ3v) is 6.21. The van der Waals surface area contributed by atoms with Crippen LogP contribution in [0.25, 0.3) is 0 Å². The molecule has 0 unspecified atom stereocenters. The summed E-state index contributed by atoms with van der Waals surface area (Å²) in [5.41, 5.74) is 3.58. The smallest absolute Gasteiger partial charge is 0.158 e. The molecule has 2 fully saturated rings. The zero-order valence-electron chi connectivity index (χ0n) is 18.5. The van der Waals surface area contributed by atoms with Crippen LogP contribution in [0.3, 0.4) is 0 Å². The van der Waals surface area contributed by atoms with Gasteiger partial charge in [0.25, 0.3) is 0 Å². The maximum Gasteiger partial charge on any atom is 0.158 e. The minimum Gasteiger partial charge on any atom is -0.369 e. The number of aromatic nitrogens is 2. The number of hydrogen-bond acceptors (Lipinski definition) is 7. The number of nitrogens with one attached hydrogen (secondary N) is 1. The molecule has 2 saturated heterocycles. The average molecular weight is 431 g/mol. The minimum absolute atomic E-state index is 0.267. The third kappa shape index (κ3) is 4.84. The molecule has 1 aromatic heterocycles. The molecule has 0 spiro atoms. The van der Waals surface area contributed by atoms with Crippen LogP contribution in [0.2, 0.25) is 0 Å². The Labute approximate surface area is 189 Å². The van der Waals surface area contributed by atoms with Gasteiger partial charge in [-0.1, -0.05) is 30.3 Å². The van der Waals surface area contributed by atoms with Crippen molar-refractivity contribution >= 4 is 23.0 Å². The third-order valence-electron chi connectivity index (χ3n) is 6.21. The van der Waals surface area contributed by atoms with Gasteiger partial charge < -0.3 is 15.1 Å². The van der Waals surface area contributed by atoms with Crippen molar-refractivity contribution in [2.75, 3.05) is 55.1 Å². The van der Waals surface area contributed by atoms with Gasteiger partial charge in [-0.25, -0.2) is 15.0 Å². The van der Waals surface area contributed by atoms with Gasteiger partial charge in [0, 0.05) is 43.6 Å². The maximum atomic E-state index is 5.93. The zero-order valence-corrected chi connectivity index (χ0v) is 18.5. The summed E-state index contributed by atoms with van der Waals surface area (Å²) in [7, 11) is 2.18. The van der Waals surface area contributed by atoms with E-state index in [0.29, 0.717) is 6.61 Å². The summed E-state index contributed by atoms with van der Waals surface area (Å²) in [6.45, 7) is 5.05. The molecule has 2 aromatic carbocycles. The van der Waals surface area contributed by atoms with Gasteiger partial charge in [0.2, 0.25) is 0 Å². The number of hydrogen-bond donors (Lipinski definition) is 1. The van der Waals surface area contributed by atoms with Crippen LogP contribution in [0.4, 0.5) is 23.0 Å². The van der Waals surface area contributed by atoms with Gasteiger partial charge in [0.15, 0.2) is 5.82 Å². The first-order chi connectivity index (χ1) is 15.7. The van der Waals surface area contributed by atoms with Crippen LogP contribution in [-0.2, 0) is 11.3 Å². The van der Waals surface area contributed by atoms with Crippen LogP contribution < -0.4 is 15.3 Å². The second-order valence-corrected chi connectivity index (χ2v) is 8.51. The van der Waals surface area contributed by atoms with Crippen LogP contribution in [0, 0.1) is 0 Å². The fourth-order valence-electron chi connectivity index (χ4n) is 4.34. The molecule has 2 aliphatic heterocycles. The quantitative estimate of drug-likeness (QED) is 0.640. The van der Waals surface area contributed by atoms with Crippen molar-refractivity contribution in [2.24, 2.45) is 0 Å². The Hall–Kier alpha value is -3.16. The molecule has 0 bridgehead atoms. The highest BCUT2D eigenvalue weighted by Crippen LogP contribution is 2.27. The maximum absolute atomic E-state index is 5.93. The number of benzene rings is 2. The molecule has 166 valence electrons. The monoisotopic (exact) mass is 430 g/mol. The summed E-state index contributed by atoms with van der Waals surface area (Å²) in [4.78, 5) is 19.6. The predicted molar refractivity (Wildman–Crippen MR) is 128 cm³/mol. The van der Waals surface area contributed by atoms with E-state index in [1.807, 2.05) is 17.2 Å². The molecule has 0 radical (unpaired) electrons. The average Bonchev–Trinajstić information content (AvgIpc) is 3.29. The Balaban J connectivity index is 1.25. The highest BCUT2D eigenvalue weighted by molar-refractivity contribution is 5.62. The summed E-state index contributed by atoms with van der Waals surface area (Å²) >= 11 is 0. The lowest BCUT2D eigenvalue weighted by molar-refractivity contribution is 0.156. The van der Waals surface area contributed by atoms with E-state index >= 15 is 0 Å². The van der Waals surface area contributed by atoms with Crippen LogP contribution in [0.5, 0.6) is 0 Å². The molecular formula is C25H30N6O. The Morgan fingerprint density at radius 1 is 0.969 bits per heavy atom. The second kappa shape index (κ2) is 9.54. The molecule has 5 rings (SSSR count). The Bertz CT molecular complexity index is 1000. The standard InChI is InChI=1S/C25H30N6O/c1-29-12-14-30(15-13-29)22-9-7-21(8-10-22)28-24-18-25(27-19-26-24)31-23(11-16-32-31)17-20-5-3-2-4-6-20/h2-10,18-19,23H,11-17H2,1H3,(H,26,27,28)/t23-/m1/s1. The van der Waals surface area contributed by atoms with Crippen molar-refractivity contribution in [2.45, 2.75) is 18.9 Å². The molecular weight excluding hydrogens is 400 g/mol. The molecule has 3 heterocycles. The summed E-state index contributed by atoms with van der Waals surface area (Å²) in [5.74, 6) is 1.55. The molecule has 2 aliphatic rings. The Morgan fingerprint density at radius 3 is 2.53 bits per heavy atom. The lowest BCUT2D eigenvalue weighted by Crippen LogP contribution is -2.44. The number of hydroxylamine groups is 1. The van der Waals surface area contributed by atoms with E-state index in [4.69, 9.17) is 4.84 Å². The number of rotatable bonds is 6. The van der Waals surface area contributed by atoms with Gasteiger partial charge in [-0.15, -0.1) is 0 Å². The first-order valence-corrected chi connectivity index (χ1v) is 11.3. The van der Waals surface area contributed by atoms with E-state index < -0.39 is 0 Å². The number of nitrogens with zero attached hydrogens (tertiary/aromatic N) is 5. The first kappa shape index (κ1) is 20.7. The fourth-order valence-corrected chi connectivity index (χ4v) is 4.34. The summed E-state index contributed by atoms with van der Waals surface area (Å²) in [5, 5.41) is 5.35. The van der Waals surface area contributed by atoms with E-state index in [-0.39, 0.29) is 6.04 Å². The molecule has 3 aromatic rings. The largest absolute Gasteiger partial charge is 0.369 e. The van der Waals surface area contributed by atoms with Gasteiger partial charge in [-0.2, -0.15) is 0 Å². The van der Waals surface area contributed by atoms with Crippen molar-refractivity contribution in [3.05, 3.63) is 72.6 Å². The lowest BCUT2D eigenvalue weighted by atomic mass is 10.0. The van der Waals surface area contributed by atoms with Gasteiger partial charge in [-0.05, 0) is 49.7 Å². The van der Waals surface area contributed by atoms with Gasteiger partial charge in [-0.3, -0.25) is 4.84 Å². The van der Waals surface area contributed by atoms with Crippen molar-refractivity contribution in [3.8, 4) is 0 Å². The molecule has 7 heteroatoms. The van der Waals surface area contributed by atoms with E-state index in [1.54, 1.807) is 6.33 Å². The molecule has 32 heavy (non-hydrogen) atoms. The van der Waals surface area contributed by atoms with E-state index in [2.05, 4.69) is 80.7 Å². The molecule has 1 N–H and O–H groups in total. The topological polar surface area (TPSA) is 56.8 Å². The first-order valence-electron chi connectivity index (χ1n) is 11.3. The second-order valence-electron chi connectivity index (χ2n) is 8.51. The number of piperazine rings is 1. The van der Waals surface area contributed by atoms with Gasteiger partial charge in [0.1, 0.15) is 12.1 Å². The van der Waals surface area contributed by atoms with Crippen LogP contribution in [-0.4, -0.2) is 60.7 Å². The summed E-state index contributed by atoms with van der Waals surface area (Å²) in [6.07, 6.45) is 3.51.